The fourth-order valence-corrected chi connectivity index (χ4v) is 2.71. The predicted molar refractivity (Wildman–Crippen MR) is 71.1 cm³/mol. The number of benzene rings is 1. The third kappa shape index (κ3) is 3.65. The quantitative estimate of drug-likeness (QED) is 0.834. The van der Waals surface area contributed by atoms with Crippen LogP contribution in [0, 0.1) is 5.92 Å². The number of hydrogen-bond donors (Lipinski definition) is 1. The summed E-state index contributed by atoms with van der Waals surface area (Å²) in [6, 6.07) is 5.81. The van der Waals surface area contributed by atoms with Crippen molar-refractivity contribution < 1.29 is 13.2 Å². The zero-order chi connectivity index (χ0) is 13.9. The van der Waals surface area contributed by atoms with Crippen LogP contribution < -0.4 is 4.72 Å². The summed E-state index contributed by atoms with van der Waals surface area (Å²) in [5.74, 6) is 0.138. The van der Waals surface area contributed by atoms with E-state index in [-0.39, 0.29) is 22.6 Å². The molecule has 1 N–H and O–H groups in total. The predicted octanol–water partition coefficient (Wildman–Crippen LogP) is 2.21. The Morgan fingerprint density at radius 1 is 1.11 bits per heavy atom. The first-order valence-corrected chi connectivity index (χ1v) is 7.35. The smallest absolute Gasteiger partial charge is 0.240 e. The first-order valence-electron chi connectivity index (χ1n) is 5.87. The van der Waals surface area contributed by atoms with Gasteiger partial charge in [-0.3, -0.25) is 4.79 Å². The van der Waals surface area contributed by atoms with Gasteiger partial charge >= 0.3 is 0 Å². The Kier molecular flexibility index (Phi) is 4.65. The van der Waals surface area contributed by atoms with Gasteiger partial charge in [-0.25, -0.2) is 13.1 Å². The van der Waals surface area contributed by atoms with E-state index in [1.54, 1.807) is 0 Å². The van der Waals surface area contributed by atoms with Crippen molar-refractivity contribution in [2.75, 3.05) is 0 Å². The standard InChI is InChI=1S/C13H19NO3S/c1-9(2)10(3)14-18(16,17)13-7-5-12(6-8-13)11(4)15/h5-10,14H,1-4H3. The van der Waals surface area contributed by atoms with Crippen LogP contribution in [0.1, 0.15) is 38.1 Å². The molecule has 0 aromatic heterocycles. The molecule has 0 heterocycles. The molecule has 0 saturated heterocycles. The molecule has 1 aromatic carbocycles. The Balaban J connectivity index is 2.95. The summed E-state index contributed by atoms with van der Waals surface area (Å²) >= 11 is 0. The van der Waals surface area contributed by atoms with Gasteiger partial charge in [-0.05, 0) is 31.9 Å². The lowest BCUT2D eigenvalue weighted by molar-refractivity contribution is 0.101. The van der Waals surface area contributed by atoms with E-state index in [0.29, 0.717) is 5.56 Å². The van der Waals surface area contributed by atoms with E-state index >= 15 is 0 Å². The summed E-state index contributed by atoms with van der Waals surface area (Å²) in [4.78, 5) is 11.3. The van der Waals surface area contributed by atoms with E-state index in [2.05, 4.69) is 4.72 Å². The van der Waals surface area contributed by atoms with Crippen molar-refractivity contribution in [2.45, 2.75) is 38.6 Å². The van der Waals surface area contributed by atoms with Crippen LogP contribution >= 0.6 is 0 Å². The fourth-order valence-electron chi connectivity index (χ4n) is 1.32. The van der Waals surface area contributed by atoms with Crippen LogP contribution in [0.3, 0.4) is 0 Å². The van der Waals surface area contributed by atoms with Gasteiger partial charge < -0.3 is 0 Å². The number of Topliss-reactive ketones (excluding diaryl/α,β-unsaturated/α-hetero) is 1. The molecule has 1 unspecified atom stereocenters. The van der Waals surface area contributed by atoms with Gasteiger partial charge in [0.1, 0.15) is 0 Å². The molecule has 0 spiro atoms. The molecule has 1 aromatic rings. The van der Waals surface area contributed by atoms with Crippen LogP contribution in [0.2, 0.25) is 0 Å². The molecule has 1 rings (SSSR count). The molecule has 0 aliphatic carbocycles. The van der Waals surface area contributed by atoms with Crippen LogP contribution in [0.15, 0.2) is 29.2 Å². The Bertz CT molecular complexity index is 518. The zero-order valence-corrected chi connectivity index (χ0v) is 11.9. The summed E-state index contributed by atoms with van der Waals surface area (Å²) in [6.07, 6.45) is 0. The van der Waals surface area contributed by atoms with Gasteiger partial charge in [-0.15, -0.1) is 0 Å². The average Bonchev–Trinajstić information content (AvgIpc) is 2.28. The maximum atomic E-state index is 12.0. The second kappa shape index (κ2) is 5.63. The first-order chi connectivity index (χ1) is 8.24. The van der Waals surface area contributed by atoms with E-state index in [0.717, 1.165) is 0 Å². The van der Waals surface area contributed by atoms with E-state index in [1.165, 1.54) is 31.2 Å². The molecule has 0 radical (unpaired) electrons. The minimum Gasteiger partial charge on any atom is -0.295 e. The highest BCUT2D eigenvalue weighted by molar-refractivity contribution is 7.89. The van der Waals surface area contributed by atoms with Crippen molar-refractivity contribution in [3.8, 4) is 0 Å². The molecular weight excluding hydrogens is 250 g/mol. The SMILES string of the molecule is CC(=O)c1ccc(S(=O)(=O)NC(C)C(C)C)cc1. The van der Waals surface area contributed by atoms with Crippen molar-refractivity contribution in [1.82, 2.24) is 4.72 Å². The van der Waals surface area contributed by atoms with E-state index < -0.39 is 10.0 Å². The maximum absolute atomic E-state index is 12.0. The Morgan fingerprint density at radius 3 is 2.00 bits per heavy atom. The number of carbonyl (C=O) groups excluding carboxylic acids is 1. The zero-order valence-electron chi connectivity index (χ0n) is 11.1. The molecule has 1 atom stereocenters. The van der Waals surface area contributed by atoms with Gasteiger partial charge in [0, 0.05) is 11.6 Å². The van der Waals surface area contributed by atoms with Crippen molar-refractivity contribution in [2.24, 2.45) is 5.92 Å². The van der Waals surface area contributed by atoms with E-state index in [4.69, 9.17) is 0 Å². The number of rotatable bonds is 5. The molecule has 18 heavy (non-hydrogen) atoms. The van der Waals surface area contributed by atoms with Gasteiger partial charge in [0.25, 0.3) is 0 Å². The second-order valence-electron chi connectivity index (χ2n) is 4.73. The third-order valence-corrected chi connectivity index (χ3v) is 4.49. The summed E-state index contributed by atoms with van der Waals surface area (Å²) in [6.45, 7) is 7.17. The van der Waals surface area contributed by atoms with Gasteiger partial charge in [0.15, 0.2) is 5.78 Å². The molecule has 0 fully saturated rings. The second-order valence-corrected chi connectivity index (χ2v) is 6.45. The summed E-state index contributed by atoms with van der Waals surface area (Å²) < 4.78 is 26.7. The highest BCUT2D eigenvalue weighted by atomic mass is 32.2. The fraction of sp³-hybridized carbons (Fsp3) is 0.462. The number of carbonyl (C=O) groups is 1. The molecule has 5 heteroatoms. The maximum Gasteiger partial charge on any atom is 0.240 e. The molecule has 0 aliphatic heterocycles. The van der Waals surface area contributed by atoms with Crippen LogP contribution in [0.5, 0.6) is 0 Å². The van der Waals surface area contributed by atoms with Crippen LogP contribution in [0.4, 0.5) is 0 Å². The minimum atomic E-state index is -3.51. The Hall–Kier alpha value is -1.20. The van der Waals surface area contributed by atoms with Crippen LogP contribution in [0.25, 0.3) is 0 Å². The van der Waals surface area contributed by atoms with Gasteiger partial charge in [0.05, 0.1) is 4.90 Å². The number of sulfonamides is 1. The summed E-state index contributed by atoms with van der Waals surface area (Å²) in [5, 5.41) is 0. The van der Waals surface area contributed by atoms with Crippen molar-refractivity contribution in [3.63, 3.8) is 0 Å². The average molecular weight is 269 g/mol. The lowest BCUT2D eigenvalue weighted by Crippen LogP contribution is -2.36. The third-order valence-electron chi connectivity index (χ3n) is 2.91. The van der Waals surface area contributed by atoms with Crippen LogP contribution in [-0.2, 0) is 10.0 Å². The topological polar surface area (TPSA) is 63.2 Å². The highest BCUT2D eigenvalue weighted by Crippen LogP contribution is 2.13. The molecule has 0 amide bonds. The highest BCUT2D eigenvalue weighted by Gasteiger charge is 2.19. The molecule has 0 bridgehead atoms. The van der Waals surface area contributed by atoms with Crippen LogP contribution in [-0.4, -0.2) is 20.2 Å². The van der Waals surface area contributed by atoms with Gasteiger partial charge in [-0.1, -0.05) is 26.0 Å². The largest absolute Gasteiger partial charge is 0.295 e. The number of nitrogens with one attached hydrogen (secondary N) is 1. The Labute approximate surface area is 108 Å². The van der Waals surface area contributed by atoms with Crippen molar-refractivity contribution in [1.29, 1.82) is 0 Å². The minimum absolute atomic E-state index is 0.0811. The molecule has 4 nitrogen and oxygen atoms in total. The van der Waals surface area contributed by atoms with E-state index in [9.17, 15) is 13.2 Å². The molecule has 100 valence electrons. The van der Waals surface area contributed by atoms with Gasteiger partial charge in [-0.2, -0.15) is 0 Å². The van der Waals surface area contributed by atoms with Crippen molar-refractivity contribution in [3.05, 3.63) is 29.8 Å². The molecular formula is C13H19NO3S. The normalized spacial score (nSPS) is 13.6. The molecule has 0 saturated carbocycles. The lowest BCUT2D eigenvalue weighted by Gasteiger charge is -2.17. The summed E-state index contributed by atoms with van der Waals surface area (Å²) in [7, 11) is -3.51. The van der Waals surface area contributed by atoms with E-state index in [1.807, 2.05) is 20.8 Å². The number of ketones is 1. The van der Waals surface area contributed by atoms with Gasteiger partial charge in [0.2, 0.25) is 10.0 Å². The monoisotopic (exact) mass is 269 g/mol. The molecule has 0 aliphatic rings. The first kappa shape index (κ1) is 14.9. The summed E-state index contributed by atoms with van der Waals surface area (Å²) in [5.41, 5.74) is 0.505. The van der Waals surface area contributed by atoms with Crippen molar-refractivity contribution >= 4 is 15.8 Å². The lowest BCUT2D eigenvalue weighted by atomic mass is 10.1. The Morgan fingerprint density at radius 2 is 1.61 bits per heavy atom. The number of hydrogen-bond acceptors (Lipinski definition) is 3.